The number of rotatable bonds is 1. The third kappa shape index (κ3) is 0.651. The van der Waals surface area contributed by atoms with E-state index >= 15 is 0 Å². The van der Waals surface area contributed by atoms with Gasteiger partial charge < -0.3 is 5.73 Å². The van der Waals surface area contributed by atoms with E-state index in [1.54, 1.807) is 0 Å². The Bertz CT molecular complexity index is 174. The van der Waals surface area contributed by atoms with Crippen LogP contribution in [0.1, 0.15) is 32.1 Å². The summed E-state index contributed by atoms with van der Waals surface area (Å²) in [5.74, 6) is 0. The highest BCUT2D eigenvalue weighted by molar-refractivity contribution is 5.28. The highest BCUT2D eigenvalue weighted by Crippen LogP contribution is 2.62. The van der Waals surface area contributed by atoms with Crippen molar-refractivity contribution in [2.24, 2.45) is 5.73 Å². The molecular weight excluding hydrogens is 136 g/mol. The van der Waals surface area contributed by atoms with Crippen LogP contribution in [0.5, 0.6) is 0 Å². The molecule has 0 amide bonds. The molecule has 3 saturated carbocycles. The van der Waals surface area contributed by atoms with E-state index in [1.165, 1.54) is 45.2 Å². The third-order valence-corrected chi connectivity index (χ3v) is 3.82. The first-order valence-electron chi connectivity index (χ1n) is 4.77. The first-order valence-corrected chi connectivity index (χ1v) is 4.77. The first-order chi connectivity index (χ1) is 5.23. The van der Waals surface area contributed by atoms with Crippen LogP contribution in [0.25, 0.3) is 0 Å². The molecule has 4 rings (SSSR count). The molecule has 4 fully saturated rings. The highest BCUT2D eigenvalue weighted by Gasteiger charge is 2.68. The van der Waals surface area contributed by atoms with E-state index in [2.05, 4.69) is 4.90 Å². The minimum absolute atomic E-state index is 0.294. The Morgan fingerprint density at radius 2 is 1.55 bits per heavy atom. The fourth-order valence-corrected chi connectivity index (χ4v) is 3.34. The summed E-state index contributed by atoms with van der Waals surface area (Å²) >= 11 is 0. The number of nitrogens with zero attached hydrogens (tertiary/aromatic N) is 1. The second-order valence-corrected chi connectivity index (χ2v) is 4.81. The van der Waals surface area contributed by atoms with Gasteiger partial charge in [-0.2, -0.15) is 0 Å². The predicted molar refractivity (Wildman–Crippen MR) is 44.3 cm³/mol. The largest absolute Gasteiger partial charge is 0.325 e. The Hall–Kier alpha value is -0.0800. The maximum Gasteiger partial charge on any atom is 0.0262 e. The second kappa shape index (κ2) is 1.64. The smallest absolute Gasteiger partial charge is 0.0262 e. The van der Waals surface area contributed by atoms with E-state index in [0.29, 0.717) is 11.1 Å². The molecule has 11 heavy (non-hydrogen) atoms. The van der Waals surface area contributed by atoms with E-state index < -0.39 is 0 Å². The van der Waals surface area contributed by atoms with Gasteiger partial charge in [0, 0.05) is 11.1 Å². The van der Waals surface area contributed by atoms with Crippen molar-refractivity contribution in [1.82, 2.24) is 4.90 Å². The van der Waals surface area contributed by atoms with Crippen molar-refractivity contribution >= 4 is 0 Å². The molecule has 0 atom stereocenters. The molecule has 1 aliphatic heterocycles. The Morgan fingerprint density at radius 1 is 1.00 bits per heavy atom. The first kappa shape index (κ1) is 6.44. The lowest BCUT2D eigenvalue weighted by atomic mass is 9.44. The molecule has 62 valence electrons. The molecule has 2 nitrogen and oxygen atoms in total. The van der Waals surface area contributed by atoms with Gasteiger partial charge in [-0.15, -0.1) is 0 Å². The zero-order valence-electron chi connectivity index (χ0n) is 6.97. The average molecular weight is 152 g/mol. The zero-order valence-corrected chi connectivity index (χ0v) is 6.97. The fraction of sp³-hybridized carbons (Fsp3) is 1.00. The SMILES string of the molecule is NC12CC(N3CCCC3)(C1)C2. The normalized spacial score (nSPS) is 55.4. The van der Waals surface area contributed by atoms with E-state index in [1.807, 2.05) is 0 Å². The number of hydrogen-bond acceptors (Lipinski definition) is 2. The molecule has 2 bridgehead atoms. The number of likely N-dealkylation sites (tertiary alicyclic amines) is 1. The Balaban J connectivity index is 1.72. The zero-order chi connectivity index (χ0) is 7.53. The van der Waals surface area contributed by atoms with Crippen molar-refractivity contribution in [3.05, 3.63) is 0 Å². The lowest BCUT2D eigenvalue weighted by molar-refractivity contribution is -0.153. The van der Waals surface area contributed by atoms with Crippen LogP contribution in [-0.2, 0) is 0 Å². The van der Waals surface area contributed by atoms with Gasteiger partial charge in [0.1, 0.15) is 0 Å². The summed E-state index contributed by atoms with van der Waals surface area (Å²) in [6.45, 7) is 2.69. The lowest BCUT2D eigenvalue weighted by Gasteiger charge is -2.72. The molecule has 2 heteroatoms. The molecule has 0 unspecified atom stereocenters. The minimum atomic E-state index is 0.294. The van der Waals surface area contributed by atoms with Gasteiger partial charge in [0.15, 0.2) is 0 Å². The molecule has 1 heterocycles. The summed E-state index contributed by atoms with van der Waals surface area (Å²) in [6, 6.07) is 0. The van der Waals surface area contributed by atoms with Crippen molar-refractivity contribution in [3.8, 4) is 0 Å². The van der Waals surface area contributed by atoms with Crippen LogP contribution in [-0.4, -0.2) is 29.1 Å². The van der Waals surface area contributed by atoms with Gasteiger partial charge >= 0.3 is 0 Å². The molecule has 3 aliphatic carbocycles. The quantitative estimate of drug-likeness (QED) is 0.600. The fourth-order valence-electron chi connectivity index (χ4n) is 3.34. The summed E-state index contributed by atoms with van der Waals surface area (Å²) in [5, 5.41) is 0. The second-order valence-electron chi connectivity index (χ2n) is 4.81. The summed E-state index contributed by atoms with van der Waals surface area (Å²) in [7, 11) is 0. The van der Waals surface area contributed by atoms with Crippen molar-refractivity contribution in [2.75, 3.05) is 13.1 Å². The van der Waals surface area contributed by atoms with E-state index in [-0.39, 0.29) is 0 Å². The Morgan fingerprint density at radius 3 is 2.00 bits per heavy atom. The van der Waals surface area contributed by atoms with Crippen molar-refractivity contribution in [3.63, 3.8) is 0 Å². The van der Waals surface area contributed by atoms with Gasteiger partial charge in [-0.1, -0.05) is 0 Å². The Kier molecular flexibility index (Phi) is 0.961. The predicted octanol–water partition coefficient (Wildman–Crippen LogP) is 0.716. The molecule has 0 spiro atoms. The maximum atomic E-state index is 6.01. The van der Waals surface area contributed by atoms with Crippen LogP contribution in [0.4, 0.5) is 0 Å². The van der Waals surface area contributed by atoms with Gasteiger partial charge in [-0.3, -0.25) is 4.90 Å². The van der Waals surface area contributed by atoms with Crippen LogP contribution in [0.15, 0.2) is 0 Å². The van der Waals surface area contributed by atoms with Gasteiger partial charge in [0.25, 0.3) is 0 Å². The van der Waals surface area contributed by atoms with Crippen LogP contribution in [0.3, 0.4) is 0 Å². The van der Waals surface area contributed by atoms with Crippen LogP contribution in [0, 0.1) is 0 Å². The summed E-state index contributed by atoms with van der Waals surface area (Å²) in [6.07, 6.45) is 6.71. The van der Waals surface area contributed by atoms with Gasteiger partial charge in [0.2, 0.25) is 0 Å². The van der Waals surface area contributed by atoms with Crippen LogP contribution in [0.2, 0.25) is 0 Å². The molecule has 0 aromatic carbocycles. The minimum Gasteiger partial charge on any atom is -0.325 e. The summed E-state index contributed by atoms with van der Waals surface area (Å²) in [5.41, 5.74) is 6.92. The van der Waals surface area contributed by atoms with E-state index in [4.69, 9.17) is 5.73 Å². The number of hydrogen-bond donors (Lipinski definition) is 1. The highest BCUT2D eigenvalue weighted by atomic mass is 15.3. The molecular formula is C9H16N2. The molecule has 0 aromatic heterocycles. The lowest BCUT2D eigenvalue weighted by Crippen LogP contribution is -2.81. The van der Waals surface area contributed by atoms with Gasteiger partial charge in [-0.05, 0) is 45.2 Å². The Labute approximate surface area is 67.7 Å². The third-order valence-electron chi connectivity index (χ3n) is 3.82. The topological polar surface area (TPSA) is 29.3 Å². The molecule has 4 aliphatic rings. The molecule has 0 radical (unpaired) electrons. The molecule has 1 saturated heterocycles. The van der Waals surface area contributed by atoms with Crippen molar-refractivity contribution in [2.45, 2.75) is 43.2 Å². The standard InChI is InChI=1S/C9H16N2/c10-8-5-9(6-8,7-8)11-3-1-2-4-11/h1-7,10H2. The van der Waals surface area contributed by atoms with Gasteiger partial charge in [-0.25, -0.2) is 0 Å². The average Bonchev–Trinajstić information content (AvgIpc) is 2.28. The van der Waals surface area contributed by atoms with Crippen molar-refractivity contribution < 1.29 is 0 Å². The van der Waals surface area contributed by atoms with E-state index in [9.17, 15) is 0 Å². The molecule has 2 N–H and O–H groups in total. The summed E-state index contributed by atoms with van der Waals surface area (Å²) in [4.78, 5) is 2.68. The van der Waals surface area contributed by atoms with Crippen molar-refractivity contribution in [1.29, 1.82) is 0 Å². The number of nitrogens with two attached hydrogens (primary N) is 1. The maximum absolute atomic E-state index is 6.01. The van der Waals surface area contributed by atoms with E-state index in [0.717, 1.165) is 0 Å². The van der Waals surface area contributed by atoms with Gasteiger partial charge in [0.05, 0.1) is 0 Å². The monoisotopic (exact) mass is 152 g/mol. The van der Waals surface area contributed by atoms with Crippen LogP contribution < -0.4 is 5.73 Å². The van der Waals surface area contributed by atoms with Crippen LogP contribution >= 0.6 is 0 Å². The molecule has 0 aromatic rings. The summed E-state index contributed by atoms with van der Waals surface area (Å²) < 4.78 is 0.